The number of H-pyrrole nitrogens is 1. The number of thioether (sulfide) groups is 1. The molecule has 8 heteroatoms. The lowest BCUT2D eigenvalue weighted by molar-refractivity contribution is -0.130. The molecule has 0 spiro atoms. The normalized spacial score (nSPS) is 20.3. The highest BCUT2D eigenvalue weighted by Gasteiger charge is 2.25. The van der Waals surface area contributed by atoms with Crippen molar-refractivity contribution in [3.63, 3.8) is 0 Å². The predicted molar refractivity (Wildman–Crippen MR) is 114 cm³/mol. The van der Waals surface area contributed by atoms with Crippen molar-refractivity contribution in [2.75, 3.05) is 18.8 Å². The third-order valence-electron chi connectivity index (χ3n) is 4.76. The third-order valence-corrected chi connectivity index (χ3v) is 7.40. The molecule has 0 bridgehead atoms. The fourth-order valence-electron chi connectivity index (χ4n) is 3.70. The van der Waals surface area contributed by atoms with Crippen LogP contribution in [0.25, 0.3) is 20.7 Å². The molecule has 4 rings (SSSR count). The molecule has 0 aromatic carbocycles. The number of likely N-dealkylation sites (tertiary alicyclic amines) is 1. The molecule has 0 aliphatic carbocycles. The van der Waals surface area contributed by atoms with Crippen LogP contribution < -0.4 is 5.56 Å². The van der Waals surface area contributed by atoms with E-state index in [1.54, 1.807) is 11.3 Å². The number of fused-ring (bicyclic) bond motifs is 1. The Morgan fingerprint density at radius 3 is 2.81 bits per heavy atom. The molecular formula is C19H21N3O2S3. The molecule has 0 unspecified atom stereocenters. The second-order valence-corrected chi connectivity index (χ2v) is 9.98. The highest BCUT2D eigenvalue weighted by molar-refractivity contribution is 7.99. The van der Waals surface area contributed by atoms with Crippen molar-refractivity contribution in [2.45, 2.75) is 25.4 Å². The SMILES string of the molecule is C[C@@H]1C[C@@H](C)CN(C(=O)CSc2nc3scc(-c4cccs4)c3c(=O)[nH]2)C1. The van der Waals surface area contributed by atoms with Gasteiger partial charge in [0, 0.05) is 28.9 Å². The molecule has 0 radical (unpaired) electrons. The summed E-state index contributed by atoms with van der Waals surface area (Å²) in [5.41, 5.74) is 0.794. The van der Waals surface area contributed by atoms with E-state index in [9.17, 15) is 9.59 Å². The molecule has 1 aliphatic rings. The van der Waals surface area contributed by atoms with Gasteiger partial charge in [0.25, 0.3) is 5.56 Å². The summed E-state index contributed by atoms with van der Waals surface area (Å²) in [7, 11) is 0. The van der Waals surface area contributed by atoms with Gasteiger partial charge in [-0.15, -0.1) is 22.7 Å². The highest BCUT2D eigenvalue weighted by atomic mass is 32.2. The van der Waals surface area contributed by atoms with Gasteiger partial charge in [0.2, 0.25) is 5.91 Å². The van der Waals surface area contributed by atoms with Gasteiger partial charge in [-0.25, -0.2) is 4.98 Å². The first-order valence-corrected chi connectivity index (χ1v) is 11.7. The van der Waals surface area contributed by atoms with Gasteiger partial charge >= 0.3 is 0 Å². The third kappa shape index (κ3) is 3.97. The minimum Gasteiger partial charge on any atom is -0.341 e. The maximum absolute atomic E-state index is 12.6. The average Bonchev–Trinajstić information content (AvgIpc) is 3.28. The molecule has 1 N–H and O–H groups in total. The molecular weight excluding hydrogens is 398 g/mol. The van der Waals surface area contributed by atoms with E-state index in [0.29, 0.717) is 28.1 Å². The quantitative estimate of drug-likeness (QED) is 0.505. The van der Waals surface area contributed by atoms with Crippen LogP contribution in [0, 0.1) is 11.8 Å². The van der Waals surface area contributed by atoms with Crippen LogP contribution in [0.5, 0.6) is 0 Å². The Labute approximate surface area is 169 Å². The first-order chi connectivity index (χ1) is 13.0. The van der Waals surface area contributed by atoms with Crippen molar-refractivity contribution in [1.29, 1.82) is 0 Å². The minimum absolute atomic E-state index is 0.117. The van der Waals surface area contributed by atoms with Crippen LogP contribution in [-0.2, 0) is 4.79 Å². The van der Waals surface area contributed by atoms with E-state index in [-0.39, 0.29) is 11.5 Å². The fraction of sp³-hybridized carbons (Fsp3) is 0.421. The van der Waals surface area contributed by atoms with Crippen LogP contribution >= 0.6 is 34.4 Å². The highest BCUT2D eigenvalue weighted by Crippen LogP contribution is 2.34. The van der Waals surface area contributed by atoms with E-state index < -0.39 is 0 Å². The number of aromatic nitrogens is 2. The molecule has 3 aromatic heterocycles. The molecule has 0 saturated carbocycles. The summed E-state index contributed by atoms with van der Waals surface area (Å²) in [6.07, 6.45) is 1.17. The predicted octanol–water partition coefficient (Wildman–Crippen LogP) is 4.31. The van der Waals surface area contributed by atoms with Crippen molar-refractivity contribution in [2.24, 2.45) is 11.8 Å². The number of piperidine rings is 1. The number of hydrogen-bond acceptors (Lipinski definition) is 6. The summed E-state index contributed by atoms with van der Waals surface area (Å²) in [6.45, 7) is 6.03. The first-order valence-electron chi connectivity index (χ1n) is 8.97. The second kappa shape index (κ2) is 7.77. The zero-order chi connectivity index (χ0) is 19.0. The summed E-state index contributed by atoms with van der Waals surface area (Å²) in [4.78, 5) is 36.3. The topological polar surface area (TPSA) is 66.1 Å². The number of hydrogen-bond donors (Lipinski definition) is 1. The Hall–Kier alpha value is -1.64. The Bertz CT molecular complexity index is 999. The van der Waals surface area contributed by atoms with Crippen LogP contribution in [0.1, 0.15) is 20.3 Å². The van der Waals surface area contributed by atoms with E-state index in [2.05, 4.69) is 23.8 Å². The van der Waals surface area contributed by atoms with Crippen LogP contribution in [0.3, 0.4) is 0 Å². The monoisotopic (exact) mass is 419 g/mol. The molecule has 27 heavy (non-hydrogen) atoms. The van der Waals surface area contributed by atoms with Gasteiger partial charge in [0.1, 0.15) is 4.83 Å². The Kier molecular flexibility index (Phi) is 5.39. The van der Waals surface area contributed by atoms with Gasteiger partial charge in [0.15, 0.2) is 5.16 Å². The smallest absolute Gasteiger partial charge is 0.260 e. The van der Waals surface area contributed by atoms with Crippen LogP contribution in [0.15, 0.2) is 32.8 Å². The van der Waals surface area contributed by atoms with Gasteiger partial charge < -0.3 is 9.88 Å². The summed E-state index contributed by atoms with van der Waals surface area (Å²) < 4.78 is 0. The van der Waals surface area contributed by atoms with E-state index in [1.165, 1.54) is 29.5 Å². The molecule has 1 saturated heterocycles. The molecule has 4 heterocycles. The number of aromatic amines is 1. The summed E-state index contributed by atoms with van der Waals surface area (Å²) in [5.74, 6) is 1.50. The number of thiophene rings is 2. The number of carbonyl (C=O) groups is 1. The maximum atomic E-state index is 12.6. The lowest BCUT2D eigenvalue weighted by atomic mass is 9.92. The van der Waals surface area contributed by atoms with E-state index in [4.69, 9.17) is 0 Å². The van der Waals surface area contributed by atoms with Crippen molar-refractivity contribution < 1.29 is 4.79 Å². The van der Waals surface area contributed by atoms with Crippen molar-refractivity contribution >= 4 is 50.6 Å². The summed E-state index contributed by atoms with van der Waals surface area (Å²) in [6, 6.07) is 3.98. The molecule has 1 amide bonds. The largest absolute Gasteiger partial charge is 0.341 e. The fourth-order valence-corrected chi connectivity index (χ4v) is 6.28. The Balaban J connectivity index is 1.50. The van der Waals surface area contributed by atoms with E-state index >= 15 is 0 Å². The van der Waals surface area contributed by atoms with E-state index in [1.807, 2.05) is 27.8 Å². The molecule has 1 fully saturated rings. The van der Waals surface area contributed by atoms with Gasteiger partial charge in [-0.2, -0.15) is 0 Å². The van der Waals surface area contributed by atoms with E-state index in [0.717, 1.165) is 28.4 Å². The Morgan fingerprint density at radius 1 is 1.33 bits per heavy atom. The average molecular weight is 420 g/mol. The molecule has 5 nitrogen and oxygen atoms in total. The van der Waals surface area contributed by atoms with Gasteiger partial charge in [0.05, 0.1) is 11.1 Å². The first kappa shape index (κ1) is 18.7. The zero-order valence-electron chi connectivity index (χ0n) is 15.2. The van der Waals surface area contributed by atoms with Gasteiger partial charge in [-0.1, -0.05) is 31.7 Å². The number of nitrogens with zero attached hydrogens (tertiary/aromatic N) is 2. The van der Waals surface area contributed by atoms with Crippen LogP contribution in [0.4, 0.5) is 0 Å². The number of nitrogens with one attached hydrogen (secondary N) is 1. The number of amides is 1. The van der Waals surface area contributed by atoms with Crippen molar-refractivity contribution in [3.8, 4) is 10.4 Å². The Morgan fingerprint density at radius 2 is 2.11 bits per heavy atom. The molecule has 3 aromatic rings. The lowest BCUT2D eigenvalue weighted by Crippen LogP contribution is -2.43. The van der Waals surface area contributed by atoms with Crippen LogP contribution in [0.2, 0.25) is 0 Å². The minimum atomic E-state index is -0.139. The molecule has 1 aliphatic heterocycles. The lowest BCUT2D eigenvalue weighted by Gasteiger charge is -2.34. The van der Waals surface area contributed by atoms with Crippen molar-refractivity contribution in [3.05, 3.63) is 33.2 Å². The number of rotatable bonds is 4. The van der Waals surface area contributed by atoms with Gasteiger partial charge in [-0.3, -0.25) is 9.59 Å². The van der Waals surface area contributed by atoms with Gasteiger partial charge in [-0.05, 0) is 29.7 Å². The van der Waals surface area contributed by atoms with Crippen molar-refractivity contribution in [1.82, 2.24) is 14.9 Å². The second-order valence-electron chi connectivity index (χ2n) is 7.21. The molecule has 142 valence electrons. The summed E-state index contributed by atoms with van der Waals surface area (Å²) >= 11 is 4.39. The number of carbonyl (C=O) groups excluding carboxylic acids is 1. The standard InChI is InChI=1S/C19H21N3O2S3/c1-11-6-12(2)8-22(7-11)15(23)10-27-19-20-17(24)16-13(9-26-18(16)21-19)14-4-3-5-25-14/h3-5,9,11-12H,6-8,10H2,1-2H3,(H,20,21,24)/t11-,12-/m1/s1. The van der Waals surface area contributed by atoms with Crippen LogP contribution in [-0.4, -0.2) is 39.6 Å². The summed E-state index contributed by atoms with van der Waals surface area (Å²) in [5, 5.41) is 5.13. The molecule has 2 atom stereocenters. The zero-order valence-corrected chi connectivity index (χ0v) is 17.7. The maximum Gasteiger partial charge on any atom is 0.260 e.